The van der Waals surface area contributed by atoms with Crippen LogP contribution in [0.3, 0.4) is 0 Å². The summed E-state index contributed by atoms with van der Waals surface area (Å²) in [5, 5.41) is 8.08. The zero-order chi connectivity index (χ0) is 22.9. The van der Waals surface area contributed by atoms with Crippen molar-refractivity contribution < 1.29 is 18.7 Å². The molecule has 2 amide bonds. The Morgan fingerprint density at radius 2 is 1.97 bits per heavy atom. The number of carbonyl (C=O) groups is 2. The van der Waals surface area contributed by atoms with E-state index in [1.165, 1.54) is 23.1 Å². The number of nitrogens with zero attached hydrogens (tertiary/aromatic N) is 4. The molecule has 0 atom stereocenters. The second kappa shape index (κ2) is 8.81. The first kappa shape index (κ1) is 23.0. The zero-order valence-electron chi connectivity index (χ0n) is 17.1. The number of aromatic nitrogens is 2. The minimum atomic E-state index is -0.718. The van der Waals surface area contributed by atoms with Crippen LogP contribution in [-0.2, 0) is 11.3 Å². The summed E-state index contributed by atoms with van der Waals surface area (Å²) in [6, 6.07) is 4.02. The summed E-state index contributed by atoms with van der Waals surface area (Å²) in [7, 11) is 0. The largest absolute Gasteiger partial charge is 0.443 e. The molecule has 0 unspecified atom stereocenters. The number of hydrogen-bond donors (Lipinski definition) is 2. The summed E-state index contributed by atoms with van der Waals surface area (Å²) in [6.07, 6.45) is -0.611. The summed E-state index contributed by atoms with van der Waals surface area (Å²) in [6.45, 7) is 5.87. The lowest BCUT2D eigenvalue weighted by atomic mass is 10.1. The maximum atomic E-state index is 14.0. The highest BCUT2D eigenvalue weighted by atomic mass is 35.5. The molecule has 3 N–H and O–H groups in total. The van der Waals surface area contributed by atoms with E-state index in [1.807, 2.05) is 5.43 Å². The van der Waals surface area contributed by atoms with Crippen molar-refractivity contribution in [3.8, 4) is 0 Å². The van der Waals surface area contributed by atoms with Gasteiger partial charge in [-0.1, -0.05) is 23.2 Å². The van der Waals surface area contributed by atoms with Crippen LogP contribution in [0.15, 0.2) is 18.2 Å². The number of hydrogen-bond acceptors (Lipinski definition) is 7. The number of rotatable bonds is 3. The fourth-order valence-electron chi connectivity index (χ4n) is 3.00. The molecule has 9 nitrogen and oxygen atoms in total. The van der Waals surface area contributed by atoms with Crippen LogP contribution in [0.25, 0.3) is 0 Å². The highest BCUT2D eigenvalue weighted by Crippen LogP contribution is 2.36. The van der Waals surface area contributed by atoms with Gasteiger partial charge in [0.05, 0.1) is 10.7 Å². The lowest BCUT2D eigenvalue weighted by Gasteiger charge is -2.37. The van der Waals surface area contributed by atoms with Crippen molar-refractivity contribution in [3.05, 3.63) is 45.3 Å². The quantitative estimate of drug-likeness (QED) is 0.306. The van der Waals surface area contributed by atoms with Crippen LogP contribution in [0.2, 0.25) is 10.0 Å². The SMILES string of the molecule is CC(C)(C)OC(=O)N1CCN(Cc2c(Cl)ccc(F)c2Cl)c2cc(C(=O)NN)nnc21. The Morgan fingerprint density at radius 1 is 1.26 bits per heavy atom. The Morgan fingerprint density at radius 3 is 2.61 bits per heavy atom. The van der Waals surface area contributed by atoms with Gasteiger partial charge in [-0.3, -0.25) is 15.1 Å². The number of anilines is 2. The molecule has 2 heterocycles. The predicted molar refractivity (Wildman–Crippen MR) is 115 cm³/mol. The van der Waals surface area contributed by atoms with E-state index in [1.54, 1.807) is 25.7 Å². The smallest absolute Gasteiger partial charge is 0.416 e. The first-order valence-corrected chi connectivity index (χ1v) is 10.0. The average Bonchev–Trinajstić information content (AvgIpc) is 2.71. The van der Waals surface area contributed by atoms with Crippen molar-refractivity contribution in [2.45, 2.75) is 32.9 Å². The summed E-state index contributed by atoms with van der Waals surface area (Å²) in [5.41, 5.74) is 1.96. The maximum absolute atomic E-state index is 14.0. The van der Waals surface area contributed by atoms with Gasteiger partial charge >= 0.3 is 6.09 Å². The third-order valence-electron chi connectivity index (χ3n) is 4.41. The van der Waals surface area contributed by atoms with Gasteiger partial charge in [-0.25, -0.2) is 15.0 Å². The number of benzene rings is 1. The van der Waals surface area contributed by atoms with Gasteiger partial charge < -0.3 is 9.64 Å². The molecule has 0 bridgehead atoms. The first-order chi connectivity index (χ1) is 14.5. The molecular formula is C19H21Cl2FN6O3. The first-order valence-electron chi connectivity index (χ1n) is 9.28. The Labute approximate surface area is 188 Å². The number of ether oxygens (including phenoxy) is 1. The fourth-order valence-corrected chi connectivity index (χ4v) is 3.49. The van der Waals surface area contributed by atoms with Crippen molar-refractivity contribution in [1.82, 2.24) is 15.6 Å². The van der Waals surface area contributed by atoms with Crippen molar-refractivity contribution in [3.63, 3.8) is 0 Å². The van der Waals surface area contributed by atoms with E-state index in [0.717, 1.165) is 0 Å². The molecule has 1 aliphatic heterocycles. The molecule has 3 rings (SSSR count). The molecule has 0 aliphatic carbocycles. The molecule has 0 saturated heterocycles. The summed E-state index contributed by atoms with van der Waals surface area (Å²) < 4.78 is 19.4. The molecule has 31 heavy (non-hydrogen) atoms. The van der Waals surface area contributed by atoms with Crippen LogP contribution in [0.5, 0.6) is 0 Å². The standard InChI is InChI=1S/C19H21Cl2FN6O3/c1-19(2,3)31-18(30)28-7-6-27(9-10-11(20)4-5-12(22)15(10)21)14-8-13(17(29)24-23)25-26-16(14)28/h4-5,8H,6-7,9,23H2,1-3H3,(H,24,29). The normalized spacial score (nSPS) is 13.6. The summed E-state index contributed by atoms with van der Waals surface area (Å²) in [4.78, 5) is 27.8. The van der Waals surface area contributed by atoms with Gasteiger partial charge in [-0.2, -0.15) is 0 Å². The number of nitrogens with one attached hydrogen (secondary N) is 1. The van der Waals surface area contributed by atoms with Gasteiger partial charge in [-0.15, -0.1) is 10.2 Å². The summed E-state index contributed by atoms with van der Waals surface area (Å²) >= 11 is 12.4. The molecule has 166 valence electrons. The highest BCUT2D eigenvalue weighted by molar-refractivity contribution is 6.36. The number of nitrogen functional groups attached to an aromatic ring is 1. The minimum Gasteiger partial charge on any atom is -0.443 e. The van der Waals surface area contributed by atoms with E-state index >= 15 is 0 Å². The average molecular weight is 471 g/mol. The minimum absolute atomic E-state index is 0.0614. The number of hydrazine groups is 1. The number of amides is 2. The van der Waals surface area contributed by atoms with Gasteiger partial charge in [0.25, 0.3) is 5.91 Å². The lowest BCUT2D eigenvalue weighted by molar-refractivity contribution is 0.0578. The van der Waals surface area contributed by atoms with Gasteiger partial charge in [0.2, 0.25) is 0 Å². The molecule has 1 aromatic heterocycles. The highest BCUT2D eigenvalue weighted by Gasteiger charge is 2.33. The monoisotopic (exact) mass is 470 g/mol. The van der Waals surface area contributed by atoms with Crippen LogP contribution in [-0.4, -0.2) is 40.9 Å². The van der Waals surface area contributed by atoms with E-state index in [-0.39, 0.29) is 34.6 Å². The third-order valence-corrected chi connectivity index (χ3v) is 5.17. The number of halogens is 3. The Kier molecular flexibility index (Phi) is 6.54. The Hall–Kier alpha value is -2.69. The van der Waals surface area contributed by atoms with E-state index in [4.69, 9.17) is 33.8 Å². The summed E-state index contributed by atoms with van der Waals surface area (Å²) in [5.74, 6) is 4.11. The molecule has 1 aromatic carbocycles. The molecule has 0 saturated carbocycles. The van der Waals surface area contributed by atoms with Gasteiger partial charge in [0, 0.05) is 30.2 Å². The van der Waals surface area contributed by atoms with Crippen molar-refractivity contribution >= 4 is 46.7 Å². The van der Waals surface area contributed by atoms with Crippen LogP contribution in [0, 0.1) is 5.82 Å². The van der Waals surface area contributed by atoms with E-state index < -0.39 is 23.4 Å². The second-order valence-electron chi connectivity index (χ2n) is 7.79. The lowest BCUT2D eigenvalue weighted by Crippen LogP contribution is -2.46. The Bertz CT molecular complexity index is 1030. The van der Waals surface area contributed by atoms with Crippen LogP contribution < -0.4 is 21.1 Å². The van der Waals surface area contributed by atoms with Crippen LogP contribution >= 0.6 is 23.2 Å². The van der Waals surface area contributed by atoms with E-state index in [0.29, 0.717) is 17.8 Å². The number of carbonyl (C=O) groups excluding carboxylic acids is 2. The second-order valence-corrected chi connectivity index (χ2v) is 8.57. The number of fused-ring (bicyclic) bond motifs is 1. The molecule has 0 spiro atoms. The van der Waals surface area contributed by atoms with E-state index in [2.05, 4.69) is 10.2 Å². The predicted octanol–water partition coefficient (Wildman–Crippen LogP) is 3.29. The zero-order valence-corrected chi connectivity index (χ0v) is 18.6. The van der Waals surface area contributed by atoms with Gasteiger partial charge in [-0.05, 0) is 39.0 Å². The van der Waals surface area contributed by atoms with Crippen molar-refractivity contribution in [2.75, 3.05) is 22.9 Å². The third kappa shape index (κ3) is 4.97. The van der Waals surface area contributed by atoms with Crippen molar-refractivity contribution in [2.24, 2.45) is 5.84 Å². The molecule has 0 radical (unpaired) electrons. The molecule has 1 aliphatic rings. The number of nitrogens with two attached hydrogens (primary N) is 1. The molecule has 0 fully saturated rings. The molecule has 12 heteroatoms. The topological polar surface area (TPSA) is 114 Å². The van der Waals surface area contributed by atoms with Crippen LogP contribution in [0.1, 0.15) is 36.8 Å². The van der Waals surface area contributed by atoms with Crippen LogP contribution in [0.4, 0.5) is 20.7 Å². The van der Waals surface area contributed by atoms with Gasteiger partial charge in [0.1, 0.15) is 11.4 Å². The van der Waals surface area contributed by atoms with Gasteiger partial charge in [0.15, 0.2) is 11.5 Å². The fraction of sp³-hybridized carbons (Fsp3) is 0.368. The van der Waals surface area contributed by atoms with E-state index in [9.17, 15) is 14.0 Å². The maximum Gasteiger partial charge on any atom is 0.416 e. The molecule has 2 aromatic rings. The molecular weight excluding hydrogens is 450 g/mol. The Balaban J connectivity index is 2.03. The van der Waals surface area contributed by atoms with Crippen molar-refractivity contribution in [1.29, 1.82) is 0 Å².